The molecule has 3 aromatic rings. The number of hydrogen-bond acceptors (Lipinski definition) is 5. The Labute approximate surface area is 157 Å². The number of fused-ring (bicyclic) bond motifs is 1. The van der Waals surface area contributed by atoms with Gasteiger partial charge in [-0.2, -0.15) is 4.98 Å². The Balaban J connectivity index is 1.42. The average Bonchev–Trinajstić information content (AvgIpc) is 3.34. The summed E-state index contributed by atoms with van der Waals surface area (Å²) in [5, 5.41) is 4.09. The van der Waals surface area contributed by atoms with Gasteiger partial charge in [-0.05, 0) is 29.3 Å². The highest BCUT2D eigenvalue weighted by Crippen LogP contribution is 2.29. The topological polar surface area (TPSA) is 68.5 Å². The number of benzene rings is 2. The van der Waals surface area contributed by atoms with Crippen molar-refractivity contribution >= 4 is 5.91 Å². The van der Waals surface area contributed by atoms with Gasteiger partial charge in [-0.15, -0.1) is 0 Å². The van der Waals surface area contributed by atoms with Crippen molar-refractivity contribution in [1.29, 1.82) is 0 Å². The van der Waals surface area contributed by atoms with Gasteiger partial charge in [-0.1, -0.05) is 35.5 Å². The first-order valence-electron chi connectivity index (χ1n) is 9.07. The third kappa shape index (κ3) is 4.00. The smallest absolute Gasteiger partial charge is 0.228 e. The number of hydrogen-bond donors (Lipinski definition) is 0. The second kappa shape index (κ2) is 7.61. The lowest BCUT2D eigenvalue weighted by Gasteiger charge is -2.20. The quantitative estimate of drug-likeness (QED) is 0.672. The molecular weight excluding hydrogens is 342 g/mol. The lowest BCUT2D eigenvalue weighted by molar-refractivity contribution is -0.129. The fraction of sp³-hybridized carbons (Fsp3) is 0.286. The van der Waals surface area contributed by atoms with Crippen molar-refractivity contribution in [2.24, 2.45) is 0 Å². The van der Waals surface area contributed by atoms with E-state index in [-0.39, 0.29) is 5.91 Å². The van der Waals surface area contributed by atoms with Crippen LogP contribution in [0.2, 0.25) is 0 Å². The standard InChI is InChI=1S/C21H21N3O3/c1-15(25)24(14-16-5-3-2-4-6-16)11-9-20-22-21(23-27-20)18-7-8-19-17(13-18)10-12-26-19/h2-8,13H,9-12,14H2,1H3. The monoisotopic (exact) mass is 363 g/mol. The van der Waals surface area contributed by atoms with Crippen molar-refractivity contribution in [3.8, 4) is 17.1 Å². The van der Waals surface area contributed by atoms with E-state index in [0.29, 0.717) is 31.2 Å². The van der Waals surface area contributed by atoms with E-state index >= 15 is 0 Å². The second-order valence-electron chi connectivity index (χ2n) is 6.61. The maximum absolute atomic E-state index is 12.0. The van der Waals surface area contributed by atoms with Gasteiger partial charge in [-0.3, -0.25) is 4.79 Å². The lowest BCUT2D eigenvalue weighted by atomic mass is 10.1. The van der Waals surface area contributed by atoms with Crippen molar-refractivity contribution in [1.82, 2.24) is 15.0 Å². The molecule has 0 bridgehead atoms. The van der Waals surface area contributed by atoms with Crippen molar-refractivity contribution in [3.05, 3.63) is 65.5 Å². The first-order valence-corrected chi connectivity index (χ1v) is 9.07. The van der Waals surface area contributed by atoms with E-state index in [1.54, 1.807) is 11.8 Å². The zero-order valence-corrected chi connectivity index (χ0v) is 15.2. The summed E-state index contributed by atoms with van der Waals surface area (Å²) in [6.07, 6.45) is 1.43. The molecule has 6 heteroatoms. The highest BCUT2D eigenvalue weighted by atomic mass is 16.5. The molecule has 0 fully saturated rings. The summed E-state index contributed by atoms with van der Waals surface area (Å²) in [5.41, 5.74) is 3.19. The Kier molecular flexibility index (Phi) is 4.87. The Morgan fingerprint density at radius 1 is 1.19 bits per heavy atom. The summed E-state index contributed by atoms with van der Waals surface area (Å²) in [4.78, 5) is 18.2. The predicted molar refractivity (Wildman–Crippen MR) is 100 cm³/mol. The highest BCUT2D eigenvalue weighted by Gasteiger charge is 2.16. The fourth-order valence-electron chi connectivity index (χ4n) is 3.18. The molecule has 0 spiro atoms. The minimum atomic E-state index is 0.0252. The van der Waals surface area contributed by atoms with Crippen molar-refractivity contribution in [2.75, 3.05) is 13.2 Å². The van der Waals surface area contributed by atoms with Gasteiger partial charge in [-0.25, -0.2) is 0 Å². The molecular formula is C21H21N3O3. The van der Waals surface area contributed by atoms with Crippen molar-refractivity contribution in [3.63, 3.8) is 0 Å². The van der Waals surface area contributed by atoms with E-state index in [1.165, 1.54) is 5.56 Å². The summed E-state index contributed by atoms with van der Waals surface area (Å²) < 4.78 is 10.9. The van der Waals surface area contributed by atoms with Crippen LogP contribution in [0.5, 0.6) is 5.75 Å². The van der Waals surface area contributed by atoms with Crippen LogP contribution in [-0.2, 0) is 24.2 Å². The Hall–Kier alpha value is -3.15. The maximum Gasteiger partial charge on any atom is 0.228 e. The highest BCUT2D eigenvalue weighted by molar-refractivity contribution is 5.73. The maximum atomic E-state index is 12.0. The number of aromatic nitrogens is 2. The summed E-state index contributed by atoms with van der Waals surface area (Å²) >= 11 is 0. The molecule has 4 rings (SSSR count). The number of carbonyl (C=O) groups is 1. The Morgan fingerprint density at radius 3 is 2.85 bits per heavy atom. The number of amides is 1. The van der Waals surface area contributed by atoms with Gasteiger partial charge in [0, 0.05) is 38.4 Å². The average molecular weight is 363 g/mol. The third-order valence-corrected chi connectivity index (χ3v) is 4.67. The van der Waals surface area contributed by atoms with Crippen LogP contribution in [-0.4, -0.2) is 34.1 Å². The van der Waals surface area contributed by atoms with Gasteiger partial charge >= 0.3 is 0 Å². The van der Waals surface area contributed by atoms with Crippen LogP contribution in [0.1, 0.15) is 23.9 Å². The van der Waals surface area contributed by atoms with Gasteiger partial charge < -0.3 is 14.2 Å². The van der Waals surface area contributed by atoms with Gasteiger partial charge in [0.2, 0.25) is 17.6 Å². The van der Waals surface area contributed by atoms with Crippen LogP contribution in [0.25, 0.3) is 11.4 Å². The van der Waals surface area contributed by atoms with Gasteiger partial charge in [0.1, 0.15) is 5.75 Å². The third-order valence-electron chi connectivity index (χ3n) is 4.67. The van der Waals surface area contributed by atoms with Gasteiger partial charge in [0.15, 0.2) is 0 Å². The summed E-state index contributed by atoms with van der Waals surface area (Å²) in [7, 11) is 0. The lowest BCUT2D eigenvalue weighted by Crippen LogP contribution is -2.30. The Morgan fingerprint density at radius 2 is 2.04 bits per heavy atom. The van der Waals surface area contributed by atoms with Gasteiger partial charge in [0.05, 0.1) is 6.61 Å². The van der Waals surface area contributed by atoms with E-state index in [4.69, 9.17) is 9.26 Å². The van der Waals surface area contributed by atoms with Crippen LogP contribution in [0.3, 0.4) is 0 Å². The van der Waals surface area contributed by atoms with E-state index in [0.717, 1.165) is 29.9 Å². The largest absolute Gasteiger partial charge is 0.493 e. The van der Waals surface area contributed by atoms with Gasteiger partial charge in [0.25, 0.3) is 0 Å². The zero-order valence-electron chi connectivity index (χ0n) is 15.2. The van der Waals surface area contributed by atoms with Crippen LogP contribution in [0.4, 0.5) is 0 Å². The number of rotatable bonds is 6. The van der Waals surface area contributed by atoms with E-state index < -0.39 is 0 Å². The van der Waals surface area contributed by atoms with E-state index in [2.05, 4.69) is 10.1 Å². The molecule has 1 aliphatic rings. The molecule has 0 unspecified atom stereocenters. The molecule has 0 saturated heterocycles. The molecule has 2 aromatic carbocycles. The molecule has 138 valence electrons. The molecule has 1 amide bonds. The number of carbonyl (C=O) groups excluding carboxylic acids is 1. The van der Waals surface area contributed by atoms with Crippen LogP contribution < -0.4 is 4.74 Å². The SMILES string of the molecule is CC(=O)N(CCc1nc(-c2ccc3c(c2)CCO3)no1)Cc1ccccc1. The van der Waals surface area contributed by atoms with Crippen molar-refractivity contribution in [2.45, 2.75) is 26.3 Å². The molecule has 0 saturated carbocycles. The minimum absolute atomic E-state index is 0.0252. The van der Waals surface area contributed by atoms with E-state index in [9.17, 15) is 4.79 Å². The number of nitrogens with zero attached hydrogens (tertiary/aromatic N) is 3. The number of ether oxygens (including phenoxy) is 1. The van der Waals surface area contributed by atoms with Crippen LogP contribution in [0.15, 0.2) is 53.1 Å². The molecule has 1 aliphatic heterocycles. The summed E-state index contributed by atoms with van der Waals surface area (Å²) in [6, 6.07) is 15.9. The fourth-order valence-corrected chi connectivity index (χ4v) is 3.18. The van der Waals surface area contributed by atoms with E-state index in [1.807, 2.05) is 48.5 Å². The first kappa shape index (κ1) is 17.3. The second-order valence-corrected chi connectivity index (χ2v) is 6.61. The van der Waals surface area contributed by atoms with Crippen molar-refractivity contribution < 1.29 is 14.1 Å². The van der Waals surface area contributed by atoms with Crippen LogP contribution >= 0.6 is 0 Å². The summed E-state index contributed by atoms with van der Waals surface area (Å²) in [6.45, 7) is 3.40. The molecule has 27 heavy (non-hydrogen) atoms. The first-order chi connectivity index (χ1) is 13.2. The molecule has 2 heterocycles. The molecule has 0 atom stereocenters. The minimum Gasteiger partial charge on any atom is -0.493 e. The molecule has 6 nitrogen and oxygen atoms in total. The van der Waals surface area contributed by atoms with Crippen LogP contribution in [0, 0.1) is 0 Å². The molecule has 0 radical (unpaired) electrons. The molecule has 0 aliphatic carbocycles. The normalized spacial score (nSPS) is 12.5. The predicted octanol–water partition coefficient (Wildman–Crippen LogP) is 3.26. The molecule has 0 N–H and O–H groups in total. The molecule has 1 aromatic heterocycles. The Bertz CT molecular complexity index is 937. The zero-order chi connectivity index (χ0) is 18.6. The summed E-state index contributed by atoms with van der Waals surface area (Å²) in [5.74, 6) is 2.05.